The molecule has 2 amide bonds. The number of hydrogen-bond acceptors (Lipinski definition) is 4. The SMILES string of the molecule is CSc1ccc(C(O)CNC(=O)C(=O)Nc2ccccc2C)cc1. The molecule has 0 radical (unpaired) electrons. The number of carbonyl (C=O) groups is 2. The van der Waals surface area contributed by atoms with Crippen LogP contribution in [0.5, 0.6) is 0 Å². The van der Waals surface area contributed by atoms with Crippen molar-refractivity contribution in [2.45, 2.75) is 17.9 Å². The lowest BCUT2D eigenvalue weighted by Gasteiger charge is -2.13. The van der Waals surface area contributed by atoms with Crippen molar-refractivity contribution in [2.75, 3.05) is 18.1 Å². The number of rotatable bonds is 5. The van der Waals surface area contributed by atoms with Crippen molar-refractivity contribution in [3.05, 3.63) is 59.7 Å². The smallest absolute Gasteiger partial charge is 0.313 e. The Morgan fingerprint density at radius 3 is 2.38 bits per heavy atom. The number of hydrogen-bond donors (Lipinski definition) is 3. The van der Waals surface area contributed by atoms with Crippen molar-refractivity contribution >= 4 is 29.3 Å². The van der Waals surface area contributed by atoms with Crippen LogP contribution >= 0.6 is 11.8 Å². The fourth-order valence-corrected chi connectivity index (χ4v) is 2.51. The van der Waals surface area contributed by atoms with Gasteiger partial charge in [0.2, 0.25) is 0 Å². The van der Waals surface area contributed by atoms with Gasteiger partial charge in [-0.25, -0.2) is 0 Å². The zero-order valence-corrected chi connectivity index (χ0v) is 14.4. The number of carbonyl (C=O) groups excluding carboxylic acids is 2. The molecule has 0 aliphatic rings. The summed E-state index contributed by atoms with van der Waals surface area (Å²) in [5.41, 5.74) is 2.14. The molecule has 1 unspecified atom stereocenters. The van der Waals surface area contributed by atoms with E-state index in [1.165, 1.54) is 0 Å². The zero-order chi connectivity index (χ0) is 17.5. The van der Waals surface area contributed by atoms with Gasteiger partial charge in [-0.05, 0) is 42.5 Å². The summed E-state index contributed by atoms with van der Waals surface area (Å²) >= 11 is 1.61. The van der Waals surface area contributed by atoms with E-state index in [4.69, 9.17) is 0 Å². The van der Waals surface area contributed by atoms with Crippen LogP contribution in [0.4, 0.5) is 5.69 Å². The molecule has 2 rings (SSSR count). The largest absolute Gasteiger partial charge is 0.387 e. The molecule has 2 aromatic carbocycles. The van der Waals surface area contributed by atoms with E-state index in [2.05, 4.69) is 10.6 Å². The highest BCUT2D eigenvalue weighted by atomic mass is 32.2. The van der Waals surface area contributed by atoms with Crippen LogP contribution in [0.15, 0.2) is 53.4 Å². The van der Waals surface area contributed by atoms with Crippen molar-refractivity contribution in [3.8, 4) is 0 Å². The lowest BCUT2D eigenvalue weighted by molar-refractivity contribution is -0.136. The number of benzene rings is 2. The van der Waals surface area contributed by atoms with Crippen LogP contribution in [0, 0.1) is 6.92 Å². The number of nitrogens with one attached hydrogen (secondary N) is 2. The van der Waals surface area contributed by atoms with Gasteiger partial charge in [0.15, 0.2) is 0 Å². The molecule has 1 atom stereocenters. The predicted molar refractivity (Wildman–Crippen MR) is 96.0 cm³/mol. The van der Waals surface area contributed by atoms with E-state index < -0.39 is 17.9 Å². The molecule has 0 aromatic heterocycles. The first-order valence-electron chi connectivity index (χ1n) is 7.48. The average molecular weight is 344 g/mol. The van der Waals surface area contributed by atoms with Crippen molar-refractivity contribution < 1.29 is 14.7 Å². The Kier molecular flexibility index (Phi) is 6.40. The van der Waals surface area contributed by atoms with Crippen molar-refractivity contribution in [1.82, 2.24) is 5.32 Å². The van der Waals surface area contributed by atoms with Gasteiger partial charge in [-0.3, -0.25) is 9.59 Å². The number of anilines is 1. The number of aryl methyl sites for hydroxylation is 1. The van der Waals surface area contributed by atoms with Crippen molar-refractivity contribution in [3.63, 3.8) is 0 Å². The lowest BCUT2D eigenvalue weighted by atomic mass is 10.1. The molecule has 0 saturated heterocycles. The van der Waals surface area contributed by atoms with Gasteiger partial charge in [0.1, 0.15) is 0 Å². The molecule has 6 heteroatoms. The molecule has 3 N–H and O–H groups in total. The van der Waals surface area contributed by atoms with Crippen molar-refractivity contribution in [2.24, 2.45) is 0 Å². The van der Waals surface area contributed by atoms with E-state index in [0.29, 0.717) is 11.3 Å². The quantitative estimate of drug-likeness (QED) is 0.575. The van der Waals surface area contributed by atoms with Gasteiger partial charge in [-0.1, -0.05) is 30.3 Å². The number of aliphatic hydroxyl groups is 1. The van der Waals surface area contributed by atoms with Gasteiger partial charge in [-0.2, -0.15) is 0 Å². The minimum atomic E-state index is -0.865. The summed E-state index contributed by atoms with van der Waals surface area (Å²) in [6, 6.07) is 14.6. The molecule has 5 nitrogen and oxygen atoms in total. The standard InChI is InChI=1S/C18H20N2O3S/c1-12-5-3-4-6-15(12)20-18(23)17(22)19-11-16(21)13-7-9-14(24-2)10-8-13/h3-10,16,21H,11H2,1-2H3,(H,19,22)(H,20,23). The minimum absolute atomic E-state index is 0.0291. The summed E-state index contributed by atoms with van der Waals surface area (Å²) in [4.78, 5) is 24.8. The Hall–Kier alpha value is -2.31. The summed E-state index contributed by atoms with van der Waals surface area (Å²) in [6.07, 6.45) is 1.11. The molecule has 0 saturated carbocycles. The molecule has 24 heavy (non-hydrogen) atoms. The highest BCUT2D eigenvalue weighted by Gasteiger charge is 2.16. The van der Waals surface area contributed by atoms with Crippen LogP contribution in [0.25, 0.3) is 0 Å². The number of amides is 2. The first-order valence-corrected chi connectivity index (χ1v) is 8.70. The summed E-state index contributed by atoms with van der Waals surface area (Å²) in [5, 5.41) is 15.1. The average Bonchev–Trinajstić information content (AvgIpc) is 2.61. The van der Waals surface area contributed by atoms with Gasteiger partial charge in [0.25, 0.3) is 0 Å². The summed E-state index contributed by atoms with van der Waals surface area (Å²) in [7, 11) is 0. The third-order valence-electron chi connectivity index (χ3n) is 3.56. The van der Waals surface area contributed by atoms with Crippen LogP contribution in [0.2, 0.25) is 0 Å². The van der Waals surface area contributed by atoms with Gasteiger partial charge >= 0.3 is 11.8 Å². The van der Waals surface area contributed by atoms with Gasteiger partial charge in [0, 0.05) is 17.1 Å². The van der Waals surface area contributed by atoms with E-state index in [1.54, 1.807) is 36.0 Å². The predicted octanol–water partition coefficient (Wildman–Crippen LogP) is 2.51. The number of para-hydroxylation sites is 1. The highest BCUT2D eigenvalue weighted by Crippen LogP contribution is 2.18. The van der Waals surface area contributed by atoms with Gasteiger partial charge in [0.05, 0.1) is 6.10 Å². The second-order valence-corrected chi connectivity index (χ2v) is 6.15. The summed E-state index contributed by atoms with van der Waals surface area (Å²) in [6.45, 7) is 1.81. The molecule has 126 valence electrons. The second-order valence-electron chi connectivity index (χ2n) is 5.27. The fraction of sp³-hybridized carbons (Fsp3) is 0.222. The normalized spacial score (nSPS) is 11.6. The van der Waals surface area contributed by atoms with Gasteiger partial charge < -0.3 is 15.7 Å². The van der Waals surface area contributed by atoms with Crippen LogP contribution in [0.3, 0.4) is 0 Å². The molecule has 0 aliphatic heterocycles. The lowest BCUT2D eigenvalue weighted by Crippen LogP contribution is -2.37. The van der Waals surface area contributed by atoms with Crippen LogP contribution < -0.4 is 10.6 Å². The van der Waals surface area contributed by atoms with Crippen molar-refractivity contribution in [1.29, 1.82) is 0 Å². The number of aliphatic hydroxyl groups excluding tert-OH is 1. The van der Waals surface area contributed by atoms with E-state index in [1.807, 2.05) is 37.4 Å². The van der Waals surface area contributed by atoms with Crippen LogP contribution in [-0.2, 0) is 9.59 Å². The maximum Gasteiger partial charge on any atom is 0.313 e. The maximum absolute atomic E-state index is 11.9. The van der Waals surface area contributed by atoms with Crippen LogP contribution in [0.1, 0.15) is 17.2 Å². The third-order valence-corrected chi connectivity index (χ3v) is 4.30. The molecule has 0 fully saturated rings. The Bertz CT molecular complexity index is 716. The zero-order valence-electron chi connectivity index (χ0n) is 13.6. The maximum atomic E-state index is 11.9. The first-order chi connectivity index (χ1) is 11.5. The minimum Gasteiger partial charge on any atom is -0.387 e. The number of thioether (sulfide) groups is 1. The van der Waals surface area contributed by atoms with E-state index in [0.717, 1.165) is 10.5 Å². The third kappa shape index (κ3) is 4.84. The molecular formula is C18H20N2O3S. The molecule has 0 heterocycles. The Morgan fingerprint density at radius 2 is 1.75 bits per heavy atom. The summed E-state index contributed by atoms with van der Waals surface area (Å²) < 4.78 is 0. The second kappa shape index (κ2) is 8.52. The molecule has 2 aromatic rings. The fourth-order valence-electron chi connectivity index (χ4n) is 2.11. The molecular weight excluding hydrogens is 324 g/mol. The van der Waals surface area contributed by atoms with E-state index in [9.17, 15) is 14.7 Å². The highest BCUT2D eigenvalue weighted by molar-refractivity contribution is 7.98. The monoisotopic (exact) mass is 344 g/mol. The van der Waals surface area contributed by atoms with E-state index in [-0.39, 0.29) is 6.54 Å². The molecule has 0 bridgehead atoms. The van der Waals surface area contributed by atoms with Crippen LogP contribution in [-0.4, -0.2) is 29.7 Å². The van der Waals surface area contributed by atoms with E-state index >= 15 is 0 Å². The van der Waals surface area contributed by atoms with Gasteiger partial charge in [-0.15, -0.1) is 11.8 Å². The molecule has 0 spiro atoms. The Balaban J connectivity index is 1.87. The molecule has 0 aliphatic carbocycles. The first kappa shape index (κ1) is 18.0. The summed E-state index contributed by atoms with van der Waals surface area (Å²) in [5.74, 6) is -1.53. The Labute approximate surface area is 145 Å². The topological polar surface area (TPSA) is 78.4 Å². The Morgan fingerprint density at radius 1 is 1.08 bits per heavy atom.